The Kier molecular flexibility index (Phi) is 6.29. The molecule has 0 saturated carbocycles. The van der Waals surface area contributed by atoms with Crippen LogP contribution in [-0.2, 0) is 20.0 Å². The zero-order chi connectivity index (χ0) is 20.1. The van der Waals surface area contributed by atoms with Crippen molar-refractivity contribution in [1.29, 1.82) is 0 Å². The molecule has 0 amide bonds. The first-order valence-corrected chi connectivity index (χ1v) is 9.76. The molecule has 0 atom stereocenters. The molecule has 148 valence electrons. The van der Waals surface area contributed by atoms with E-state index in [9.17, 15) is 0 Å². The minimum absolute atomic E-state index is 0.401. The Labute approximate surface area is 167 Å². The van der Waals surface area contributed by atoms with Gasteiger partial charge in [0.05, 0.1) is 11.2 Å². The number of nitrogens with one attached hydrogen (secondary N) is 1. The van der Waals surface area contributed by atoms with Crippen LogP contribution in [0.3, 0.4) is 0 Å². The summed E-state index contributed by atoms with van der Waals surface area (Å²) in [5.41, 5.74) is 4.71. The Balaban J connectivity index is 1.63. The number of rotatable bonds is 6. The first kappa shape index (κ1) is 19.9. The minimum Gasteiger partial charge on any atom is -0.356 e. The summed E-state index contributed by atoms with van der Waals surface area (Å²) in [4.78, 5) is 11.1. The second kappa shape index (κ2) is 8.87. The van der Waals surface area contributed by atoms with E-state index in [0.717, 1.165) is 36.7 Å². The zero-order valence-corrected chi connectivity index (χ0v) is 17.5. The van der Waals surface area contributed by atoms with Gasteiger partial charge in [-0.1, -0.05) is 38.1 Å². The molecule has 1 aromatic carbocycles. The van der Waals surface area contributed by atoms with Crippen molar-refractivity contribution < 1.29 is 0 Å². The van der Waals surface area contributed by atoms with E-state index in [-0.39, 0.29) is 0 Å². The smallest absolute Gasteiger partial charge is 0.193 e. The highest BCUT2D eigenvalue weighted by molar-refractivity contribution is 5.82. The van der Waals surface area contributed by atoms with Crippen molar-refractivity contribution in [1.82, 2.24) is 25.0 Å². The number of guanidine groups is 1. The van der Waals surface area contributed by atoms with Crippen molar-refractivity contribution in [2.45, 2.75) is 32.7 Å². The normalized spacial score (nSPS) is 12.0. The van der Waals surface area contributed by atoms with E-state index in [0.29, 0.717) is 5.92 Å². The van der Waals surface area contributed by atoms with E-state index in [1.54, 1.807) is 0 Å². The molecule has 0 unspecified atom stereocenters. The van der Waals surface area contributed by atoms with Crippen LogP contribution in [0, 0.1) is 0 Å². The molecule has 0 aliphatic heterocycles. The lowest BCUT2D eigenvalue weighted by Gasteiger charge is -2.22. The lowest BCUT2D eigenvalue weighted by Crippen LogP contribution is -2.39. The fraction of sp³-hybridized carbons (Fsp3) is 0.409. The summed E-state index contributed by atoms with van der Waals surface area (Å²) in [5, 5.41) is 9.26. The number of hydrogen-bond acceptors (Lipinski definition) is 3. The first-order chi connectivity index (χ1) is 13.5. The van der Waals surface area contributed by atoms with E-state index in [2.05, 4.69) is 76.6 Å². The highest BCUT2D eigenvalue weighted by atomic mass is 15.3. The second-order valence-electron chi connectivity index (χ2n) is 7.44. The lowest BCUT2D eigenvalue weighted by molar-refractivity contribution is 0.474. The average Bonchev–Trinajstić information content (AvgIpc) is 3.05. The van der Waals surface area contributed by atoms with Crippen LogP contribution in [-0.4, -0.2) is 46.3 Å². The number of pyridine rings is 1. The van der Waals surface area contributed by atoms with Gasteiger partial charge in [-0.2, -0.15) is 5.10 Å². The number of benzene rings is 1. The Hall–Kier alpha value is -2.89. The van der Waals surface area contributed by atoms with Crippen LogP contribution in [0.2, 0.25) is 0 Å². The monoisotopic (exact) mass is 378 g/mol. The van der Waals surface area contributed by atoms with Crippen molar-refractivity contribution in [3.8, 4) is 0 Å². The molecule has 0 saturated heterocycles. The van der Waals surface area contributed by atoms with Gasteiger partial charge in [-0.25, -0.2) is 0 Å². The Morgan fingerprint density at radius 2 is 2.00 bits per heavy atom. The van der Waals surface area contributed by atoms with Gasteiger partial charge < -0.3 is 10.2 Å². The van der Waals surface area contributed by atoms with E-state index in [1.807, 2.05) is 31.0 Å². The Bertz CT molecular complexity index is 951. The molecule has 0 bridgehead atoms. The average molecular weight is 379 g/mol. The van der Waals surface area contributed by atoms with Crippen LogP contribution in [0.1, 0.15) is 36.6 Å². The van der Waals surface area contributed by atoms with E-state index >= 15 is 0 Å². The fourth-order valence-corrected chi connectivity index (χ4v) is 3.56. The molecule has 0 radical (unpaired) electrons. The van der Waals surface area contributed by atoms with Gasteiger partial charge >= 0.3 is 0 Å². The molecule has 1 N–H and O–H groups in total. The van der Waals surface area contributed by atoms with Crippen LogP contribution >= 0.6 is 0 Å². The Morgan fingerprint density at radius 1 is 1.21 bits per heavy atom. The molecule has 0 aliphatic rings. The summed E-state index contributed by atoms with van der Waals surface area (Å²) in [6.45, 7) is 5.93. The molecule has 3 rings (SSSR count). The molecule has 6 heteroatoms. The predicted molar refractivity (Wildman–Crippen MR) is 116 cm³/mol. The van der Waals surface area contributed by atoms with Crippen LogP contribution < -0.4 is 5.32 Å². The molecule has 0 fully saturated rings. The predicted octanol–water partition coefficient (Wildman–Crippen LogP) is 3.34. The van der Waals surface area contributed by atoms with Gasteiger partial charge in [0.2, 0.25) is 0 Å². The summed E-state index contributed by atoms with van der Waals surface area (Å²) >= 11 is 0. The molecule has 28 heavy (non-hydrogen) atoms. The topological polar surface area (TPSA) is 58.3 Å². The van der Waals surface area contributed by atoms with Crippen molar-refractivity contribution in [3.05, 3.63) is 59.5 Å². The van der Waals surface area contributed by atoms with Crippen LogP contribution in [0.25, 0.3) is 10.9 Å². The number of nitrogens with zero attached hydrogens (tertiary/aromatic N) is 5. The molecule has 0 spiro atoms. The fourth-order valence-electron chi connectivity index (χ4n) is 3.56. The summed E-state index contributed by atoms with van der Waals surface area (Å²) in [7, 11) is 5.86. The maximum atomic E-state index is 4.60. The van der Waals surface area contributed by atoms with E-state index < -0.39 is 0 Å². The van der Waals surface area contributed by atoms with Gasteiger partial charge in [-0.15, -0.1) is 0 Å². The van der Waals surface area contributed by atoms with E-state index in [1.165, 1.54) is 16.5 Å². The third-order valence-corrected chi connectivity index (χ3v) is 4.86. The minimum atomic E-state index is 0.401. The maximum absolute atomic E-state index is 4.60. The molecular formula is C22H30N6. The van der Waals surface area contributed by atoms with Crippen LogP contribution in [0.5, 0.6) is 0 Å². The highest BCUT2D eigenvalue weighted by Crippen LogP contribution is 2.19. The third kappa shape index (κ3) is 4.50. The largest absolute Gasteiger partial charge is 0.356 e. The van der Waals surface area contributed by atoms with Gasteiger partial charge in [-0.3, -0.25) is 14.7 Å². The van der Waals surface area contributed by atoms with Crippen LogP contribution in [0.15, 0.2) is 47.7 Å². The number of hydrogen-bond donors (Lipinski definition) is 1. The van der Waals surface area contributed by atoms with Gasteiger partial charge in [0.25, 0.3) is 0 Å². The number of fused-ring (bicyclic) bond motifs is 1. The third-order valence-electron chi connectivity index (χ3n) is 4.86. The highest BCUT2D eigenvalue weighted by Gasteiger charge is 2.15. The van der Waals surface area contributed by atoms with Crippen molar-refractivity contribution in [2.75, 3.05) is 20.6 Å². The molecule has 2 heterocycles. The van der Waals surface area contributed by atoms with Crippen molar-refractivity contribution >= 4 is 16.9 Å². The number of aliphatic imine (C=N–C) groups is 1. The van der Waals surface area contributed by atoms with Gasteiger partial charge in [0, 0.05) is 57.6 Å². The van der Waals surface area contributed by atoms with Gasteiger partial charge in [0.15, 0.2) is 5.96 Å². The summed E-state index contributed by atoms with van der Waals surface area (Å²) in [5.74, 6) is 1.28. The lowest BCUT2D eigenvalue weighted by atomic mass is 10.1. The van der Waals surface area contributed by atoms with Crippen LogP contribution in [0.4, 0.5) is 0 Å². The Morgan fingerprint density at radius 3 is 2.75 bits per heavy atom. The summed E-state index contributed by atoms with van der Waals surface area (Å²) < 4.78 is 1.89. The first-order valence-electron chi connectivity index (χ1n) is 9.76. The SMILES string of the molecule is CN=C(NCCc1cccc2cccnc12)N(C)Cc1cn(C)nc1C(C)C. The molecule has 0 aliphatic carbocycles. The van der Waals surface area contributed by atoms with Gasteiger partial charge in [0.1, 0.15) is 0 Å². The van der Waals surface area contributed by atoms with Crippen molar-refractivity contribution in [3.63, 3.8) is 0 Å². The summed E-state index contributed by atoms with van der Waals surface area (Å²) in [6, 6.07) is 10.4. The number of aryl methyl sites for hydroxylation is 1. The standard InChI is InChI=1S/C22H30N6/c1-16(2)20-19(15-28(5)26-20)14-27(4)22(23-3)25-13-11-18-9-6-8-17-10-7-12-24-21(17)18/h6-10,12,15-16H,11,13-14H2,1-5H3,(H,23,25). The molecule has 3 aromatic rings. The summed E-state index contributed by atoms with van der Waals surface area (Å²) in [6.07, 6.45) is 4.85. The van der Waals surface area contributed by atoms with Gasteiger partial charge in [-0.05, 0) is 24.0 Å². The van der Waals surface area contributed by atoms with Crippen molar-refractivity contribution in [2.24, 2.45) is 12.0 Å². The molecule has 2 aromatic heterocycles. The molecule has 6 nitrogen and oxygen atoms in total. The second-order valence-corrected chi connectivity index (χ2v) is 7.44. The quantitative estimate of drug-likeness (QED) is 0.528. The van der Waals surface area contributed by atoms with E-state index in [4.69, 9.17) is 0 Å². The molecular weight excluding hydrogens is 348 g/mol. The number of para-hydroxylation sites is 1. The number of aromatic nitrogens is 3. The maximum Gasteiger partial charge on any atom is 0.193 e. The zero-order valence-electron chi connectivity index (χ0n) is 17.5.